The van der Waals surface area contributed by atoms with E-state index in [1.54, 1.807) is 6.20 Å². The first-order chi connectivity index (χ1) is 10.4. The number of ether oxygens (including phenoxy) is 1. The Hall–Kier alpha value is -1.99. The molecule has 0 atom stereocenters. The van der Waals surface area contributed by atoms with E-state index in [1.165, 1.54) is 12.1 Å². The minimum absolute atomic E-state index is 0. The maximum absolute atomic E-state index is 12.3. The highest BCUT2D eigenvalue weighted by atomic mass is 35.5. The smallest absolute Gasteiger partial charge is 0.504 e. The highest BCUT2D eigenvalue weighted by Crippen LogP contribution is 2.35. The molecule has 0 radical (unpaired) electrons. The third kappa shape index (κ3) is 4.05. The molecule has 8 heteroatoms. The van der Waals surface area contributed by atoms with E-state index >= 15 is 0 Å². The van der Waals surface area contributed by atoms with Crippen LogP contribution in [0.15, 0.2) is 30.5 Å². The van der Waals surface area contributed by atoms with Crippen molar-refractivity contribution in [3.63, 3.8) is 0 Å². The largest absolute Gasteiger partial charge is 0.573 e. The van der Waals surface area contributed by atoms with E-state index in [2.05, 4.69) is 15.0 Å². The summed E-state index contributed by atoms with van der Waals surface area (Å²) in [5.41, 5.74) is 3.19. The standard InChI is InChI=1S/C15H13F3N2O2.ClH/c16-15(17,18)22-14-6-9(1-2-13(14)21)10-5-11-7-19-4-3-12(11)20-8-10;/h1-2,5-6,8,19,21H,3-4,7H2;1H. The Kier molecular flexibility index (Phi) is 5.01. The number of fused-ring (bicyclic) bond motifs is 1. The quantitative estimate of drug-likeness (QED) is 0.875. The summed E-state index contributed by atoms with van der Waals surface area (Å²) in [5.74, 6) is -1.19. The second-order valence-electron chi connectivity index (χ2n) is 4.99. The van der Waals surface area contributed by atoms with Gasteiger partial charge in [0.15, 0.2) is 11.5 Å². The molecule has 3 rings (SSSR count). The van der Waals surface area contributed by atoms with Crippen LogP contribution in [0.1, 0.15) is 11.3 Å². The number of benzene rings is 1. The monoisotopic (exact) mass is 346 g/mol. The van der Waals surface area contributed by atoms with Crippen molar-refractivity contribution in [3.05, 3.63) is 41.7 Å². The Labute approximate surface area is 136 Å². The van der Waals surface area contributed by atoms with Crippen LogP contribution in [0.4, 0.5) is 13.2 Å². The average Bonchev–Trinajstić information content (AvgIpc) is 2.48. The lowest BCUT2D eigenvalue weighted by atomic mass is 10.0. The number of hydrogen-bond acceptors (Lipinski definition) is 4. The minimum Gasteiger partial charge on any atom is -0.504 e. The molecule has 2 N–H and O–H groups in total. The van der Waals surface area contributed by atoms with Gasteiger partial charge in [0.2, 0.25) is 0 Å². The third-order valence-corrected chi connectivity index (χ3v) is 3.43. The van der Waals surface area contributed by atoms with E-state index in [9.17, 15) is 18.3 Å². The summed E-state index contributed by atoms with van der Waals surface area (Å²) >= 11 is 0. The fraction of sp³-hybridized carbons (Fsp3) is 0.267. The highest BCUT2D eigenvalue weighted by Gasteiger charge is 2.32. The maximum Gasteiger partial charge on any atom is 0.573 e. The molecule has 0 fully saturated rings. The summed E-state index contributed by atoms with van der Waals surface area (Å²) in [7, 11) is 0. The van der Waals surface area contributed by atoms with Crippen molar-refractivity contribution in [1.82, 2.24) is 10.3 Å². The van der Waals surface area contributed by atoms with Crippen LogP contribution in [0, 0.1) is 0 Å². The number of phenols is 1. The van der Waals surface area contributed by atoms with Crippen LogP contribution in [0.2, 0.25) is 0 Å². The molecule has 0 saturated carbocycles. The van der Waals surface area contributed by atoms with Gasteiger partial charge in [0.05, 0.1) is 0 Å². The Morgan fingerprint density at radius 2 is 1.96 bits per heavy atom. The zero-order chi connectivity index (χ0) is 15.7. The summed E-state index contributed by atoms with van der Waals surface area (Å²) in [6.45, 7) is 1.54. The van der Waals surface area contributed by atoms with Crippen LogP contribution in [-0.4, -0.2) is 23.0 Å². The van der Waals surface area contributed by atoms with Gasteiger partial charge in [0.25, 0.3) is 0 Å². The Morgan fingerprint density at radius 1 is 1.17 bits per heavy atom. The molecule has 1 aliphatic heterocycles. The number of aromatic hydroxyl groups is 1. The lowest BCUT2D eigenvalue weighted by Gasteiger charge is -2.17. The highest BCUT2D eigenvalue weighted by molar-refractivity contribution is 5.85. The summed E-state index contributed by atoms with van der Waals surface area (Å²) in [5, 5.41) is 12.7. The van der Waals surface area contributed by atoms with Gasteiger partial charge < -0.3 is 15.2 Å². The molecule has 1 aromatic heterocycles. The van der Waals surface area contributed by atoms with Crippen molar-refractivity contribution in [2.75, 3.05) is 6.54 Å². The van der Waals surface area contributed by atoms with Crippen molar-refractivity contribution in [2.24, 2.45) is 0 Å². The first kappa shape index (κ1) is 17.4. The molecule has 0 aliphatic carbocycles. The number of pyridine rings is 1. The number of alkyl halides is 3. The molecular weight excluding hydrogens is 333 g/mol. The molecule has 1 aromatic carbocycles. The molecule has 1 aliphatic rings. The summed E-state index contributed by atoms with van der Waals surface area (Å²) in [6.07, 6.45) is -2.41. The van der Waals surface area contributed by atoms with Gasteiger partial charge in [-0.05, 0) is 29.3 Å². The van der Waals surface area contributed by atoms with E-state index in [0.29, 0.717) is 17.7 Å². The van der Waals surface area contributed by atoms with E-state index in [-0.39, 0.29) is 12.4 Å². The molecule has 2 heterocycles. The normalized spacial score (nSPS) is 13.9. The van der Waals surface area contributed by atoms with Gasteiger partial charge in [-0.25, -0.2) is 0 Å². The molecular formula is C15H14ClF3N2O2. The van der Waals surface area contributed by atoms with Crippen molar-refractivity contribution in [2.45, 2.75) is 19.3 Å². The van der Waals surface area contributed by atoms with Crippen LogP contribution in [-0.2, 0) is 13.0 Å². The van der Waals surface area contributed by atoms with Crippen LogP contribution >= 0.6 is 12.4 Å². The SMILES string of the molecule is Cl.Oc1ccc(-c2cnc3c(c2)CNCC3)cc1OC(F)(F)F. The summed E-state index contributed by atoms with van der Waals surface area (Å²) in [6, 6.07) is 5.74. The van der Waals surface area contributed by atoms with Crippen LogP contribution in [0.5, 0.6) is 11.5 Å². The number of nitrogens with zero attached hydrogens (tertiary/aromatic N) is 1. The number of halogens is 4. The van der Waals surface area contributed by atoms with E-state index in [1.807, 2.05) is 6.07 Å². The summed E-state index contributed by atoms with van der Waals surface area (Å²) < 4.78 is 40.8. The van der Waals surface area contributed by atoms with Crippen molar-refractivity contribution in [1.29, 1.82) is 0 Å². The first-order valence-electron chi connectivity index (χ1n) is 6.70. The predicted molar refractivity (Wildman–Crippen MR) is 80.7 cm³/mol. The molecule has 23 heavy (non-hydrogen) atoms. The Balaban J connectivity index is 0.00000192. The molecule has 4 nitrogen and oxygen atoms in total. The number of hydrogen-bond donors (Lipinski definition) is 2. The van der Waals surface area contributed by atoms with E-state index in [4.69, 9.17) is 0 Å². The number of nitrogens with one attached hydrogen (secondary N) is 1. The predicted octanol–water partition coefficient (Wildman–Crippen LogP) is 3.42. The van der Waals surface area contributed by atoms with E-state index < -0.39 is 17.9 Å². The van der Waals surface area contributed by atoms with Gasteiger partial charge in [-0.3, -0.25) is 4.98 Å². The number of aromatic nitrogens is 1. The molecule has 124 valence electrons. The van der Waals surface area contributed by atoms with Crippen LogP contribution in [0.25, 0.3) is 11.1 Å². The fourth-order valence-corrected chi connectivity index (χ4v) is 2.40. The Bertz CT molecular complexity index is 708. The number of rotatable bonds is 2. The van der Waals surface area contributed by atoms with Crippen molar-refractivity contribution < 1.29 is 23.0 Å². The Morgan fingerprint density at radius 3 is 2.70 bits per heavy atom. The lowest BCUT2D eigenvalue weighted by molar-refractivity contribution is -0.275. The molecule has 0 bridgehead atoms. The van der Waals surface area contributed by atoms with Crippen molar-refractivity contribution in [3.8, 4) is 22.6 Å². The van der Waals surface area contributed by atoms with Gasteiger partial charge in [0.1, 0.15) is 0 Å². The molecule has 0 spiro atoms. The topological polar surface area (TPSA) is 54.4 Å². The molecule has 0 saturated heterocycles. The van der Waals surface area contributed by atoms with Gasteiger partial charge in [-0.2, -0.15) is 0 Å². The van der Waals surface area contributed by atoms with Crippen molar-refractivity contribution >= 4 is 12.4 Å². The molecule has 2 aromatic rings. The first-order valence-corrected chi connectivity index (χ1v) is 6.70. The average molecular weight is 347 g/mol. The van der Waals surface area contributed by atoms with Gasteiger partial charge in [0, 0.05) is 37.0 Å². The maximum atomic E-state index is 12.3. The zero-order valence-electron chi connectivity index (χ0n) is 11.9. The van der Waals surface area contributed by atoms with Crippen LogP contribution < -0.4 is 10.1 Å². The third-order valence-electron chi connectivity index (χ3n) is 3.43. The zero-order valence-corrected chi connectivity index (χ0v) is 12.7. The minimum atomic E-state index is -4.85. The second kappa shape index (κ2) is 6.64. The van der Waals surface area contributed by atoms with Gasteiger partial charge >= 0.3 is 6.36 Å². The molecule has 0 amide bonds. The second-order valence-corrected chi connectivity index (χ2v) is 4.99. The summed E-state index contributed by atoms with van der Waals surface area (Å²) in [4.78, 5) is 4.36. The van der Waals surface area contributed by atoms with Crippen LogP contribution in [0.3, 0.4) is 0 Å². The van der Waals surface area contributed by atoms with Gasteiger partial charge in [-0.15, -0.1) is 25.6 Å². The van der Waals surface area contributed by atoms with E-state index in [0.717, 1.165) is 30.3 Å². The number of phenolic OH excluding ortho intramolecular Hbond substituents is 1. The van der Waals surface area contributed by atoms with Gasteiger partial charge in [-0.1, -0.05) is 6.07 Å². The molecule has 0 unspecified atom stereocenters. The fourth-order valence-electron chi connectivity index (χ4n) is 2.40. The lowest BCUT2D eigenvalue weighted by Crippen LogP contribution is -2.24.